The molecule has 0 saturated carbocycles. The zero-order chi connectivity index (χ0) is 14.4. The molecule has 0 aromatic heterocycles. The van der Waals surface area contributed by atoms with Crippen LogP contribution < -0.4 is 10.5 Å². The van der Waals surface area contributed by atoms with Crippen molar-refractivity contribution in [2.24, 2.45) is 5.73 Å². The van der Waals surface area contributed by atoms with Crippen molar-refractivity contribution >= 4 is 0 Å². The van der Waals surface area contributed by atoms with E-state index >= 15 is 0 Å². The average molecular weight is 269 g/mol. The van der Waals surface area contributed by atoms with E-state index in [-0.39, 0.29) is 0 Å². The molecule has 2 N–H and O–H groups in total. The van der Waals surface area contributed by atoms with Gasteiger partial charge < -0.3 is 10.5 Å². The first kappa shape index (κ1) is 14.6. The molecule has 0 saturated heterocycles. The van der Waals surface area contributed by atoms with Crippen LogP contribution in [0.1, 0.15) is 36.5 Å². The number of rotatable bonds is 6. The van der Waals surface area contributed by atoms with Crippen LogP contribution in [0.15, 0.2) is 48.5 Å². The Kier molecular flexibility index (Phi) is 5.19. The van der Waals surface area contributed by atoms with Crippen molar-refractivity contribution in [3.05, 3.63) is 65.2 Å². The van der Waals surface area contributed by atoms with Crippen LogP contribution in [0.2, 0.25) is 0 Å². The fourth-order valence-corrected chi connectivity index (χ4v) is 2.12. The van der Waals surface area contributed by atoms with Gasteiger partial charge in [0.15, 0.2) is 0 Å². The molecule has 0 heterocycles. The van der Waals surface area contributed by atoms with Crippen molar-refractivity contribution in [3.8, 4) is 5.75 Å². The predicted molar refractivity (Wildman–Crippen MR) is 84.1 cm³/mol. The molecule has 0 unspecified atom stereocenters. The van der Waals surface area contributed by atoms with Gasteiger partial charge in [0.1, 0.15) is 12.4 Å². The maximum Gasteiger partial charge on any atom is 0.120 e. The van der Waals surface area contributed by atoms with Gasteiger partial charge in [0.05, 0.1) is 0 Å². The molecule has 0 bridgehead atoms. The van der Waals surface area contributed by atoms with Gasteiger partial charge in [0, 0.05) is 0 Å². The van der Waals surface area contributed by atoms with E-state index in [2.05, 4.69) is 50.2 Å². The molecule has 0 aliphatic rings. The van der Waals surface area contributed by atoms with Crippen LogP contribution in [0.25, 0.3) is 0 Å². The maximum atomic E-state index is 5.84. The van der Waals surface area contributed by atoms with Crippen LogP contribution in [0.4, 0.5) is 0 Å². The normalized spacial score (nSPS) is 10.8. The summed E-state index contributed by atoms with van der Waals surface area (Å²) in [5.41, 5.74) is 9.35. The zero-order valence-corrected chi connectivity index (χ0v) is 12.3. The van der Waals surface area contributed by atoms with E-state index < -0.39 is 0 Å². The lowest BCUT2D eigenvalue weighted by Crippen LogP contribution is -2.03. The Hall–Kier alpha value is -1.80. The van der Waals surface area contributed by atoms with Gasteiger partial charge in [-0.2, -0.15) is 0 Å². The lowest BCUT2D eigenvalue weighted by Gasteiger charge is -2.09. The summed E-state index contributed by atoms with van der Waals surface area (Å²) in [5.74, 6) is 1.47. The number of benzene rings is 2. The van der Waals surface area contributed by atoms with Gasteiger partial charge in [-0.1, -0.05) is 50.2 Å². The van der Waals surface area contributed by atoms with Gasteiger partial charge in [-0.3, -0.25) is 0 Å². The third-order valence-electron chi connectivity index (χ3n) is 3.38. The first-order valence-corrected chi connectivity index (χ1v) is 7.19. The van der Waals surface area contributed by atoms with Crippen LogP contribution >= 0.6 is 0 Å². The van der Waals surface area contributed by atoms with E-state index in [1.54, 1.807) is 0 Å². The fraction of sp³-hybridized carbons (Fsp3) is 0.333. The number of ether oxygens (including phenoxy) is 1. The zero-order valence-electron chi connectivity index (χ0n) is 12.3. The SMILES string of the molecule is CC(C)c1ccc(COc2cccc(CCN)c2)cc1. The summed E-state index contributed by atoms with van der Waals surface area (Å²) in [5, 5.41) is 0. The molecule has 20 heavy (non-hydrogen) atoms. The number of nitrogens with two attached hydrogens (primary N) is 1. The Morgan fingerprint density at radius 2 is 1.75 bits per heavy atom. The molecule has 0 spiro atoms. The molecule has 0 radical (unpaired) electrons. The summed E-state index contributed by atoms with van der Waals surface area (Å²) in [6.07, 6.45) is 0.889. The predicted octanol–water partition coefficient (Wildman–Crippen LogP) is 3.89. The smallest absolute Gasteiger partial charge is 0.120 e. The molecule has 0 amide bonds. The minimum absolute atomic E-state index is 0.568. The monoisotopic (exact) mass is 269 g/mol. The summed E-state index contributed by atoms with van der Waals surface area (Å²) < 4.78 is 5.84. The second kappa shape index (κ2) is 7.11. The van der Waals surface area contributed by atoms with Gasteiger partial charge in [-0.25, -0.2) is 0 Å². The molecular formula is C18H23NO. The minimum atomic E-state index is 0.568. The standard InChI is InChI=1S/C18H23NO/c1-14(2)17-8-6-16(7-9-17)13-20-18-5-3-4-15(12-18)10-11-19/h3-9,12,14H,10-11,13,19H2,1-2H3. The van der Waals surface area contributed by atoms with E-state index in [0.29, 0.717) is 19.1 Å². The Balaban J connectivity index is 1.96. The van der Waals surface area contributed by atoms with Crippen LogP contribution in [0, 0.1) is 0 Å². The van der Waals surface area contributed by atoms with Crippen molar-refractivity contribution in [2.75, 3.05) is 6.54 Å². The Morgan fingerprint density at radius 1 is 1.00 bits per heavy atom. The summed E-state index contributed by atoms with van der Waals surface area (Å²) in [7, 11) is 0. The first-order chi connectivity index (χ1) is 9.69. The molecule has 2 nitrogen and oxygen atoms in total. The second-order valence-corrected chi connectivity index (χ2v) is 5.37. The van der Waals surface area contributed by atoms with E-state index in [4.69, 9.17) is 10.5 Å². The molecule has 2 aromatic carbocycles. The van der Waals surface area contributed by atoms with E-state index in [1.807, 2.05) is 12.1 Å². The van der Waals surface area contributed by atoms with Crippen LogP contribution in [0.5, 0.6) is 5.75 Å². The molecule has 0 aliphatic heterocycles. The van der Waals surface area contributed by atoms with E-state index in [0.717, 1.165) is 12.2 Å². The van der Waals surface area contributed by atoms with Crippen molar-refractivity contribution in [1.29, 1.82) is 0 Å². The largest absolute Gasteiger partial charge is 0.489 e. The Bertz CT molecular complexity index is 531. The Morgan fingerprint density at radius 3 is 2.40 bits per heavy atom. The van der Waals surface area contributed by atoms with Crippen LogP contribution in [0.3, 0.4) is 0 Å². The highest BCUT2D eigenvalue weighted by Crippen LogP contribution is 2.18. The van der Waals surface area contributed by atoms with E-state index in [9.17, 15) is 0 Å². The fourth-order valence-electron chi connectivity index (χ4n) is 2.12. The van der Waals surface area contributed by atoms with Gasteiger partial charge in [-0.15, -0.1) is 0 Å². The topological polar surface area (TPSA) is 35.2 Å². The van der Waals surface area contributed by atoms with Gasteiger partial charge in [0.25, 0.3) is 0 Å². The molecule has 106 valence electrons. The molecule has 0 aliphatic carbocycles. The maximum absolute atomic E-state index is 5.84. The van der Waals surface area contributed by atoms with Gasteiger partial charge in [-0.05, 0) is 47.7 Å². The summed E-state index contributed by atoms with van der Waals surface area (Å²) in [4.78, 5) is 0. The number of hydrogen-bond donors (Lipinski definition) is 1. The minimum Gasteiger partial charge on any atom is -0.489 e. The van der Waals surface area contributed by atoms with Crippen LogP contribution in [-0.2, 0) is 13.0 Å². The lowest BCUT2D eigenvalue weighted by atomic mass is 10.0. The third-order valence-corrected chi connectivity index (χ3v) is 3.38. The summed E-state index contributed by atoms with van der Waals surface area (Å²) in [6, 6.07) is 16.8. The van der Waals surface area contributed by atoms with Gasteiger partial charge in [0.2, 0.25) is 0 Å². The van der Waals surface area contributed by atoms with Crippen LogP contribution in [-0.4, -0.2) is 6.54 Å². The average Bonchev–Trinajstić information content (AvgIpc) is 2.46. The van der Waals surface area contributed by atoms with Crippen molar-refractivity contribution in [1.82, 2.24) is 0 Å². The number of hydrogen-bond acceptors (Lipinski definition) is 2. The Labute approximate surface area is 121 Å². The van der Waals surface area contributed by atoms with E-state index in [1.165, 1.54) is 16.7 Å². The highest BCUT2D eigenvalue weighted by atomic mass is 16.5. The lowest BCUT2D eigenvalue weighted by molar-refractivity contribution is 0.306. The van der Waals surface area contributed by atoms with Crippen molar-refractivity contribution < 1.29 is 4.74 Å². The molecule has 0 atom stereocenters. The quantitative estimate of drug-likeness (QED) is 0.863. The van der Waals surface area contributed by atoms with Crippen molar-refractivity contribution in [3.63, 3.8) is 0 Å². The second-order valence-electron chi connectivity index (χ2n) is 5.37. The molecule has 2 aromatic rings. The van der Waals surface area contributed by atoms with Gasteiger partial charge >= 0.3 is 0 Å². The summed E-state index contributed by atoms with van der Waals surface area (Å²) in [6.45, 7) is 5.67. The third kappa shape index (κ3) is 4.10. The molecule has 0 fully saturated rings. The first-order valence-electron chi connectivity index (χ1n) is 7.19. The van der Waals surface area contributed by atoms with Crippen molar-refractivity contribution in [2.45, 2.75) is 32.8 Å². The molecule has 2 rings (SSSR count). The molecule has 2 heteroatoms. The summed E-state index contributed by atoms with van der Waals surface area (Å²) >= 11 is 0. The highest BCUT2D eigenvalue weighted by Gasteiger charge is 2.01. The molecular weight excluding hydrogens is 246 g/mol. The highest BCUT2D eigenvalue weighted by molar-refractivity contribution is 5.29.